The van der Waals surface area contributed by atoms with Crippen molar-refractivity contribution in [1.82, 2.24) is 5.32 Å². The Bertz CT molecular complexity index is 535. The quantitative estimate of drug-likeness (QED) is 0.550. The first kappa shape index (κ1) is 16.0. The number of rotatable bonds is 8. The van der Waals surface area contributed by atoms with Crippen LogP contribution in [0.5, 0.6) is 0 Å². The Kier molecular flexibility index (Phi) is 6.53. The molecule has 2 rings (SSSR count). The van der Waals surface area contributed by atoms with Gasteiger partial charge in [0.05, 0.1) is 0 Å². The van der Waals surface area contributed by atoms with E-state index in [0.29, 0.717) is 6.04 Å². The molecule has 0 saturated carbocycles. The van der Waals surface area contributed by atoms with Crippen molar-refractivity contribution in [3.05, 3.63) is 33.6 Å². The number of thiophene rings is 1. The summed E-state index contributed by atoms with van der Waals surface area (Å²) in [5.41, 5.74) is 1.48. The topological polar surface area (TPSA) is 12.0 Å². The number of halogens is 1. The predicted molar refractivity (Wildman–Crippen MR) is 94.7 cm³/mol. The summed E-state index contributed by atoms with van der Waals surface area (Å²) in [7, 11) is 0. The smallest absolute Gasteiger partial charge is 0.0488 e. The molecular weight excluding hydrogens is 330 g/mol. The van der Waals surface area contributed by atoms with Gasteiger partial charge in [-0.3, -0.25) is 0 Å². The molecule has 0 aliphatic heterocycles. The summed E-state index contributed by atoms with van der Waals surface area (Å²) >= 11 is 5.52. The Balaban J connectivity index is 2.23. The molecule has 1 N–H and O–H groups in total. The van der Waals surface area contributed by atoms with Crippen LogP contribution in [0.2, 0.25) is 0 Å². The molecule has 0 bridgehead atoms. The molecule has 1 nitrogen and oxygen atoms in total. The van der Waals surface area contributed by atoms with Crippen molar-refractivity contribution in [2.45, 2.75) is 52.0 Å². The van der Waals surface area contributed by atoms with Crippen LogP contribution >= 0.6 is 27.3 Å². The third-order valence-electron chi connectivity index (χ3n) is 3.69. The van der Waals surface area contributed by atoms with Gasteiger partial charge in [-0.2, -0.15) is 0 Å². The minimum atomic E-state index is 0.504. The maximum atomic E-state index is 3.73. The van der Waals surface area contributed by atoms with E-state index in [1.54, 1.807) is 0 Å². The van der Waals surface area contributed by atoms with Gasteiger partial charge in [0.15, 0.2) is 0 Å². The predicted octanol–water partition coefficient (Wildman–Crippen LogP) is 6.28. The van der Waals surface area contributed by atoms with Gasteiger partial charge in [0.2, 0.25) is 0 Å². The Hall–Kier alpha value is -0.380. The van der Waals surface area contributed by atoms with Crippen molar-refractivity contribution < 1.29 is 0 Å². The molecule has 0 amide bonds. The SMILES string of the molecule is CCCCCC(NCCC)c1csc2c(Br)cccc12. The summed E-state index contributed by atoms with van der Waals surface area (Å²) in [6, 6.07) is 7.04. The number of benzene rings is 1. The highest BCUT2D eigenvalue weighted by Crippen LogP contribution is 2.36. The van der Waals surface area contributed by atoms with Crippen LogP contribution in [0.1, 0.15) is 57.6 Å². The molecule has 0 aliphatic rings. The van der Waals surface area contributed by atoms with Crippen LogP contribution < -0.4 is 5.32 Å². The number of unbranched alkanes of at least 4 members (excludes halogenated alkanes) is 2. The van der Waals surface area contributed by atoms with E-state index in [1.807, 2.05) is 11.3 Å². The van der Waals surface area contributed by atoms with Crippen molar-refractivity contribution in [1.29, 1.82) is 0 Å². The lowest BCUT2D eigenvalue weighted by Gasteiger charge is -2.18. The number of hydrogen-bond donors (Lipinski definition) is 1. The number of fused-ring (bicyclic) bond motifs is 1. The Morgan fingerprint density at radius 1 is 1.20 bits per heavy atom. The molecule has 0 fully saturated rings. The second kappa shape index (κ2) is 8.16. The first-order chi connectivity index (χ1) is 9.77. The van der Waals surface area contributed by atoms with E-state index in [0.717, 1.165) is 6.54 Å². The minimum absolute atomic E-state index is 0.504. The average molecular weight is 354 g/mol. The Morgan fingerprint density at radius 3 is 2.80 bits per heavy atom. The number of nitrogens with one attached hydrogen (secondary N) is 1. The van der Waals surface area contributed by atoms with Crippen molar-refractivity contribution in [2.75, 3.05) is 6.54 Å². The van der Waals surface area contributed by atoms with Crippen LogP contribution in [0, 0.1) is 0 Å². The molecule has 1 aromatic carbocycles. The molecule has 1 aromatic heterocycles. The Morgan fingerprint density at radius 2 is 2.05 bits per heavy atom. The lowest BCUT2D eigenvalue weighted by Crippen LogP contribution is -2.21. The molecular formula is C17H24BrNS. The molecule has 0 saturated heterocycles. The van der Waals surface area contributed by atoms with E-state index in [-0.39, 0.29) is 0 Å². The third kappa shape index (κ3) is 3.84. The van der Waals surface area contributed by atoms with Crippen molar-refractivity contribution in [3.63, 3.8) is 0 Å². The zero-order valence-electron chi connectivity index (χ0n) is 12.4. The van der Waals surface area contributed by atoms with E-state index >= 15 is 0 Å². The second-order valence-electron chi connectivity index (χ2n) is 5.31. The zero-order valence-corrected chi connectivity index (χ0v) is 14.8. The maximum absolute atomic E-state index is 3.73. The van der Waals surface area contributed by atoms with Gasteiger partial charge in [-0.05, 0) is 57.7 Å². The van der Waals surface area contributed by atoms with Gasteiger partial charge in [-0.1, -0.05) is 45.2 Å². The van der Waals surface area contributed by atoms with Crippen LogP contribution in [-0.2, 0) is 0 Å². The summed E-state index contributed by atoms with van der Waals surface area (Å²) in [5.74, 6) is 0. The highest BCUT2D eigenvalue weighted by molar-refractivity contribution is 9.10. The molecule has 1 unspecified atom stereocenters. The molecule has 1 atom stereocenters. The fraction of sp³-hybridized carbons (Fsp3) is 0.529. The van der Waals surface area contributed by atoms with Crippen molar-refractivity contribution >= 4 is 37.4 Å². The highest BCUT2D eigenvalue weighted by Gasteiger charge is 2.15. The van der Waals surface area contributed by atoms with E-state index in [1.165, 1.54) is 52.2 Å². The van der Waals surface area contributed by atoms with E-state index < -0.39 is 0 Å². The van der Waals surface area contributed by atoms with Crippen molar-refractivity contribution in [2.24, 2.45) is 0 Å². The average Bonchev–Trinajstić information content (AvgIpc) is 2.88. The fourth-order valence-electron chi connectivity index (χ4n) is 2.60. The molecule has 0 aliphatic carbocycles. The lowest BCUT2D eigenvalue weighted by atomic mass is 9.99. The van der Waals surface area contributed by atoms with Gasteiger partial charge < -0.3 is 5.32 Å². The van der Waals surface area contributed by atoms with E-state index in [9.17, 15) is 0 Å². The summed E-state index contributed by atoms with van der Waals surface area (Å²) in [4.78, 5) is 0. The molecule has 2 aromatic rings. The van der Waals surface area contributed by atoms with Gasteiger partial charge in [-0.15, -0.1) is 11.3 Å². The van der Waals surface area contributed by atoms with Crippen molar-refractivity contribution in [3.8, 4) is 0 Å². The van der Waals surface area contributed by atoms with Gasteiger partial charge in [-0.25, -0.2) is 0 Å². The molecule has 20 heavy (non-hydrogen) atoms. The molecule has 0 radical (unpaired) electrons. The fourth-order valence-corrected chi connectivity index (χ4v) is 4.27. The van der Waals surface area contributed by atoms with E-state index in [2.05, 4.69) is 58.7 Å². The number of hydrogen-bond acceptors (Lipinski definition) is 2. The molecule has 110 valence electrons. The summed E-state index contributed by atoms with van der Waals surface area (Å²) in [6.45, 7) is 5.60. The minimum Gasteiger partial charge on any atom is -0.310 e. The summed E-state index contributed by atoms with van der Waals surface area (Å²) in [5, 5.41) is 7.49. The third-order valence-corrected chi connectivity index (χ3v) is 5.66. The van der Waals surface area contributed by atoms with Crippen LogP contribution in [0.15, 0.2) is 28.1 Å². The summed E-state index contributed by atoms with van der Waals surface area (Å²) in [6.07, 6.45) is 6.36. The van der Waals surface area contributed by atoms with Gasteiger partial charge >= 0.3 is 0 Å². The van der Waals surface area contributed by atoms with E-state index in [4.69, 9.17) is 0 Å². The maximum Gasteiger partial charge on any atom is 0.0488 e. The largest absolute Gasteiger partial charge is 0.310 e. The van der Waals surface area contributed by atoms with Gasteiger partial charge in [0.25, 0.3) is 0 Å². The first-order valence-electron chi connectivity index (χ1n) is 7.66. The standard InChI is InChI=1S/C17H24BrNS/c1-3-5-6-10-16(19-11-4-2)14-12-20-17-13(14)8-7-9-15(17)18/h7-9,12,16,19H,3-6,10-11H2,1-2H3. The Labute approximate surface area is 134 Å². The van der Waals surface area contributed by atoms with Crippen LogP contribution in [0.25, 0.3) is 10.1 Å². The van der Waals surface area contributed by atoms with Crippen LogP contribution in [0.3, 0.4) is 0 Å². The lowest BCUT2D eigenvalue weighted by molar-refractivity contribution is 0.478. The molecule has 3 heteroatoms. The van der Waals surface area contributed by atoms with Gasteiger partial charge in [0.1, 0.15) is 0 Å². The van der Waals surface area contributed by atoms with Gasteiger partial charge in [0, 0.05) is 15.2 Å². The second-order valence-corrected chi connectivity index (χ2v) is 7.04. The first-order valence-corrected chi connectivity index (χ1v) is 9.34. The zero-order chi connectivity index (χ0) is 14.4. The highest BCUT2D eigenvalue weighted by atomic mass is 79.9. The van der Waals surface area contributed by atoms with Crippen LogP contribution in [-0.4, -0.2) is 6.54 Å². The molecule has 0 spiro atoms. The molecule has 1 heterocycles. The monoisotopic (exact) mass is 353 g/mol. The van der Waals surface area contributed by atoms with Crippen LogP contribution in [0.4, 0.5) is 0 Å². The summed E-state index contributed by atoms with van der Waals surface area (Å²) < 4.78 is 2.59. The normalized spacial score (nSPS) is 12.9.